The van der Waals surface area contributed by atoms with Gasteiger partial charge in [0, 0.05) is 74.5 Å². The molecule has 0 spiro atoms. The van der Waals surface area contributed by atoms with E-state index < -0.39 is 0 Å². The summed E-state index contributed by atoms with van der Waals surface area (Å²) >= 11 is 0. The van der Waals surface area contributed by atoms with Crippen LogP contribution in [0.5, 0.6) is 0 Å². The van der Waals surface area contributed by atoms with E-state index in [-0.39, 0.29) is 23.8 Å². The Bertz CT molecular complexity index is 2200. The summed E-state index contributed by atoms with van der Waals surface area (Å²) in [7, 11) is 7.89. The molecule has 2 aliphatic heterocycles. The van der Waals surface area contributed by atoms with Gasteiger partial charge >= 0.3 is 0 Å². The Balaban J connectivity index is 1.24. The Morgan fingerprint density at radius 2 is 1.44 bits per heavy atom. The van der Waals surface area contributed by atoms with Crippen LogP contribution in [-0.4, -0.2) is 77.3 Å². The molecule has 1 atom stereocenters. The summed E-state index contributed by atoms with van der Waals surface area (Å²) < 4.78 is 2.03. The Morgan fingerprint density at radius 3 is 2.19 bits per heavy atom. The molecular formula is C46H51N5O3. The second kappa shape index (κ2) is 15.5. The highest BCUT2D eigenvalue weighted by Gasteiger charge is 2.32. The maximum Gasteiger partial charge on any atom is 0.259 e. The summed E-state index contributed by atoms with van der Waals surface area (Å²) in [6.07, 6.45) is 2.71. The highest BCUT2D eigenvalue weighted by molar-refractivity contribution is 6.08. The van der Waals surface area contributed by atoms with E-state index in [1.54, 1.807) is 11.9 Å². The molecule has 54 heavy (non-hydrogen) atoms. The molecule has 8 nitrogen and oxygen atoms in total. The number of carbonyl (C=O) groups excluding carboxylic acids is 3. The van der Waals surface area contributed by atoms with Crippen molar-refractivity contribution < 1.29 is 14.4 Å². The third-order valence-electron chi connectivity index (χ3n) is 11.5. The van der Waals surface area contributed by atoms with E-state index in [0.717, 1.165) is 64.3 Å². The molecule has 4 aromatic carbocycles. The van der Waals surface area contributed by atoms with Gasteiger partial charge in [0.15, 0.2) is 0 Å². The van der Waals surface area contributed by atoms with Gasteiger partial charge in [-0.25, -0.2) is 0 Å². The lowest BCUT2D eigenvalue weighted by molar-refractivity contribution is -0.131. The lowest BCUT2D eigenvalue weighted by Gasteiger charge is -2.36. The number of nitrogens with zero attached hydrogens (tertiary/aromatic N) is 5. The first kappa shape index (κ1) is 36.9. The number of anilines is 1. The van der Waals surface area contributed by atoms with Gasteiger partial charge in [0.2, 0.25) is 5.91 Å². The second-order valence-corrected chi connectivity index (χ2v) is 15.3. The van der Waals surface area contributed by atoms with E-state index in [1.807, 2.05) is 89.0 Å². The van der Waals surface area contributed by atoms with Crippen LogP contribution in [0, 0.1) is 6.92 Å². The van der Waals surface area contributed by atoms with Gasteiger partial charge in [-0.1, -0.05) is 66.7 Å². The minimum absolute atomic E-state index is 0.00808. The molecule has 0 bridgehead atoms. The molecule has 7 rings (SSSR count). The Labute approximate surface area is 319 Å². The van der Waals surface area contributed by atoms with Gasteiger partial charge in [0.1, 0.15) is 0 Å². The van der Waals surface area contributed by atoms with Gasteiger partial charge < -0.3 is 24.2 Å². The average Bonchev–Trinajstić information content (AvgIpc) is 3.48. The third kappa shape index (κ3) is 7.35. The molecule has 0 fully saturated rings. The average molecular weight is 722 g/mol. The zero-order valence-corrected chi connectivity index (χ0v) is 32.4. The fourth-order valence-corrected chi connectivity index (χ4v) is 8.03. The van der Waals surface area contributed by atoms with Gasteiger partial charge in [-0.15, -0.1) is 0 Å². The number of rotatable bonds is 9. The Morgan fingerprint density at radius 1 is 0.759 bits per heavy atom. The number of aromatic nitrogens is 1. The van der Waals surface area contributed by atoms with Gasteiger partial charge in [-0.05, 0) is 111 Å². The minimum Gasteiger partial charge on any atom is -0.347 e. The maximum absolute atomic E-state index is 14.9. The van der Waals surface area contributed by atoms with Crippen molar-refractivity contribution in [1.82, 2.24) is 19.3 Å². The lowest BCUT2D eigenvalue weighted by Crippen LogP contribution is -2.43. The number of amides is 3. The topological polar surface area (TPSA) is 69.1 Å². The van der Waals surface area contributed by atoms with Gasteiger partial charge in [0.25, 0.3) is 11.8 Å². The molecule has 3 amide bonds. The van der Waals surface area contributed by atoms with Crippen molar-refractivity contribution in [3.63, 3.8) is 0 Å². The quantitative estimate of drug-likeness (QED) is 0.163. The molecule has 0 saturated carbocycles. The van der Waals surface area contributed by atoms with Crippen LogP contribution in [0.1, 0.15) is 66.7 Å². The van der Waals surface area contributed by atoms with E-state index in [1.165, 1.54) is 11.1 Å². The first-order valence-electron chi connectivity index (χ1n) is 19.0. The van der Waals surface area contributed by atoms with Crippen molar-refractivity contribution in [3.8, 4) is 11.3 Å². The first-order chi connectivity index (χ1) is 26.0. The van der Waals surface area contributed by atoms with Crippen molar-refractivity contribution >= 4 is 23.4 Å². The van der Waals surface area contributed by atoms with Gasteiger partial charge in [0.05, 0.1) is 12.0 Å². The van der Waals surface area contributed by atoms with E-state index in [4.69, 9.17) is 0 Å². The fraction of sp³-hybridized carbons (Fsp3) is 0.326. The smallest absolute Gasteiger partial charge is 0.259 e. The molecule has 278 valence electrons. The normalized spacial score (nSPS) is 15.2. The molecule has 1 aromatic heterocycles. The number of hydrogen-bond donors (Lipinski definition) is 0. The minimum atomic E-state index is -0.106. The summed E-state index contributed by atoms with van der Waals surface area (Å²) in [5, 5.41) is 0. The number of hydrogen-bond acceptors (Lipinski definition) is 4. The van der Waals surface area contributed by atoms with Crippen molar-refractivity contribution in [3.05, 3.63) is 147 Å². The van der Waals surface area contributed by atoms with Crippen LogP contribution in [-0.2, 0) is 50.6 Å². The summed E-state index contributed by atoms with van der Waals surface area (Å²) in [6.45, 7) is 6.58. The zero-order valence-electron chi connectivity index (χ0n) is 32.4. The van der Waals surface area contributed by atoms with Crippen molar-refractivity contribution in [2.75, 3.05) is 39.1 Å². The van der Waals surface area contributed by atoms with Crippen molar-refractivity contribution in [2.45, 2.75) is 58.7 Å². The number of likely N-dealkylation sites (N-methyl/N-ethyl adjacent to an activating group) is 1. The second-order valence-electron chi connectivity index (χ2n) is 15.3. The maximum atomic E-state index is 14.9. The monoisotopic (exact) mass is 721 g/mol. The number of para-hydroxylation sites is 1. The van der Waals surface area contributed by atoms with Crippen LogP contribution < -0.4 is 4.90 Å². The van der Waals surface area contributed by atoms with E-state index in [2.05, 4.69) is 62.3 Å². The van der Waals surface area contributed by atoms with Crippen LogP contribution in [0.2, 0.25) is 0 Å². The molecule has 5 aromatic rings. The lowest BCUT2D eigenvalue weighted by atomic mass is 9.89. The molecule has 0 aliphatic carbocycles. The molecular weight excluding hydrogens is 671 g/mol. The standard InChI is InChI=1S/C46H51N5O3/c1-31-24-34-15-12-13-17-37(34)30-51(31)46(54)42-26-38-29-50(44(52)27-35-16-11-10-14-33(35)20-22-47(3)4)23-21-36(38)25-41(42)43-28-40(32(2)48(43)5)45(53)49(6)39-18-8-7-9-19-39/h7-19,25-26,28,31H,20-24,27,29-30H2,1-6H3/t31-/m1/s1. The van der Waals surface area contributed by atoms with E-state index >= 15 is 0 Å². The Kier molecular flexibility index (Phi) is 10.6. The number of carbonyl (C=O) groups is 3. The molecule has 0 unspecified atom stereocenters. The van der Waals surface area contributed by atoms with Crippen LogP contribution in [0.25, 0.3) is 11.3 Å². The van der Waals surface area contributed by atoms with Gasteiger partial charge in [-0.3, -0.25) is 14.4 Å². The summed E-state index contributed by atoms with van der Waals surface area (Å²) in [5.41, 5.74) is 11.3. The zero-order chi connectivity index (χ0) is 38.1. The van der Waals surface area contributed by atoms with Gasteiger partial charge in [-0.2, -0.15) is 0 Å². The van der Waals surface area contributed by atoms with E-state index in [9.17, 15) is 14.4 Å². The molecule has 8 heteroatoms. The van der Waals surface area contributed by atoms with Crippen molar-refractivity contribution in [1.29, 1.82) is 0 Å². The highest BCUT2D eigenvalue weighted by atomic mass is 16.2. The highest BCUT2D eigenvalue weighted by Crippen LogP contribution is 2.36. The SMILES string of the molecule is Cc1c(C(=O)N(C)c2ccccc2)cc(-c2cc3c(cc2C(=O)N2Cc4ccccc4C[C@H]2C)CN(C(=O)Cc2ccccc2CCN(C)C)CC3)n1C. The summed E-state index contributed by atoms with van der Waals surface area (Å²) in [5.74, 6) is -0.0498. The first-order valence-corrected chi connectivity index (χ1v) is 19.0. The van der Waals surface area contributed by atoms with Crippen molar-refractivity contribution in [2.24, 2.45) is 7.05 Å². The summed E-state index contributed by atoms with van der Waals surface area (Å²) in [4.78, 5) is 50.5. The molecule has 0 saturated heterocycles. The number of benzene rings is 4. The predicted octanol–water partition coefficient (Wildman–Crippen LogP) is 7.10. The van der Waals surface area contributed by atoms with Crippen LogP contribution >= 0.6 is 0 Å². The molecule has 3 heterocycles. The largest absolute Gasteiger partial charge is 0.347 e. The fourth-order valence-electron chi connectivity index (χ4n) is 8.03. The molecule has 0 N–H and O–H groups in total. The third-order valence-corrected chi connectivity index (χ3v) is 11.5. The summed E-state index contributed by atoms with van der Waals surface area (Å²) in [6, 6.07) is 32.4. The number of fused-ring (bicyclic) bond motifs is 2. The van der Waals surface area contributed by atoms with Crippen LogP contribution in [0.3, 0.4) is 0 Å². The molecule has 2 aliphatic rings. The Hall–Kier alpha value is -5.47. The van der Waals surface area contributed by atoms with Crippen LogP contribution in [0.4, 0.5) is 5.69 Å². The van der Waals surface area contributed by atoms with E-state index in [0.29, 0.717) is 43.6 Å². The predicted molar refractivity (Wildman–Crippen MR) is 216 cm³/mol. The molecule has 0 radical (unpaired) electrons. The van der Waals surface area contributed by atoms with Crippen LogP contribution in [0.15, 0.2) is 97.1 Å².